The van der Waals surface area contributed by atoms with E-state index in [9.17, 15) is 10.1 Å². The fourth-order valence-corrected chi connectivity index (χ4v) is 3.27. The van der Waals surface area contributed by atoms with E-state index < -0.39 is 0 Å². The lowest BCUT2D eigenvalue weighted by Crippen LogP contribution is -2.20. The summed E-state index contributed by atoms with van der Waals surface area (Å²) in [4.78, 5) is 10.8. The van der Waals surface area contributed by atoms with Crippen LogP contribution < -0.4 is 5.32 Å². The SMILES string of the molecule is CNC(Cc1ccccc1[N+](=O)[O-])c1cc(I)ccc1Br. The molecule has 0 amide bonds. The Labute approximate surface area is 145 Å². The van der Waals surface area contributed by atoms with Gasteiger partial charge in [0, 0.05) is 25.7 Å². The Morgan fingerprint density at radius 3 is 2.71 bits per heavy atom. The lowest BCUT2D eigenvalue weighted by atomic mass is 9.98. The average Bonchev–Trinajstić information content (AvgIpc) is 2.47. The van der Waals surface area contributed by atoms with Gasteiger partial charge in [-0.2, -0.15) is 0 Å². The molecule has 0 spiro atoms. The first-order chi connectivity index (χ1) is 10.0. The Kier molecular flexibility index (Phi) is 5.72. The van der Waals surface area contributed by atoms with Crippen LogP contribution >= 0.6 is 38.5 Å². The van der Waals surface area contributed by atoms with Gasteiger partial charge in [-0.1, -0.05) is 34.1 Å². The molecule has 0 aromatic heterocycles. The third kappa shape index (κ3) is 4.02. The summed E-state index contributed by atoms with van der Waals surface area (Å²) in [6, 6.07) is 13.0. The topological polar surface area (TPSA) is 55.2 Å². The van der Waals surface area contributed by atoms with E-state index in [1.54, 1.807) is 12.1 Å². The number of rotatable bonds is 5. The standard InChI is InChI=1S/C15H14BrIN2O2/c1-18-14(12-9-11(17)6-7-13(12)16)8-10-4-2-3-5-15(10)19(20)21/h2-7,9,14,18H,8H2,1H3. The molecule has 0 aliphatic heterocycles. The molecule has 0 saturated carbocycles. The maximum atomic E-state index is 11.1. The van der Waals surface area contributed by atoms with Crippen LogP contribution in [0, 0.1) is 13.7 Å². The molecule has 1 unspecified atom stereocenters. The number of likely N-dealkylation sites (N-methyl/N-ethyl adjacent to an activating group) is 1. The van der Waals surface area contributed by atoms with Gasteiger partial charge in [-0.05, 0) is 59.8 Å². The number of hydrogen-bond acceptors (Lipinski definition) is 3. The van der Waals surface area contributed by atoms with Gasteiger partial charge >= 0.3 is 0 Å². The van der Waals surface area contributed by atoms with Crippen molar-refractivity contribution in [2.45, 2.75) is 12.5 Å². The number of hydrogen-bond donors (Lipinski definition) is 1. The Balaban J connectivity index is 2.36. The number of halogens is 2. The van der Waals surface area contributed by atoms with E-state index in [1.807, 2.05) is 31.3 Å². The highest BCUT2D eigenvalue weighted by molar-refractivity contribution is 14.1. The van der Waals surface area contributed by atoms with E-state index in [4.69, 9.17) is 0 Å². The first-order valence-corrected chi connectivity index (χ1v) is 8.24. The summed E-state index contributed by atoms with van der Waals surface area (Å²) in [5.74, 6) is 0. The van der Waals surface area contributed by atoms with Crippen LogP contribution in [0.1, 0.15) is 17.2 Å². The summed E-state index contributed by atoms with van der Waals surface area (Å²) >= 11 is 5.82. The molecule has 1 N–H and O–H groups in total. The van der Waals surface area contributed by atoms with Crippen molar-refractivity contribution in [1.29, 1.82) is 0 Å². The van der Waals surface area contributed by atoms with Crippen molar-refractivity contribution in [2.24, 2.45) is 0 Å². The number of nitro benzene ring substituents is 1. The number of benzene rings is 2. The van der Waals surface area contributed by atoms with Crippen LogP contribution in [0.2, 0.25) is 0 Å². The Bertz CT molecular complexity index is 664. The van der Waals surface area contributed by atoms with Gasteiger partial charge in [0.25, 0.3) is 5.69 Å². The van der Waals surface area contributed by atoms with Crippen LogP contribution in [0.4, 0.5) is 5.69 Å². The van der Waals surface area contributed by atoms with Gasteiger partial charge in [0.15, 0.2) is 0 Å². The minimum Gasteiger partial charge on any atom is -0.313 e. The van der Waals surface area contributed by atoms with E-state index in [2.05, 4.69) is 49.9 Å². The smallest absolute Gasteiger partial charge is 0.272 e. The number of para-hydroxylation sites is 1. The molecule has 110 valence electrons. The van der Waals surface area contributed by atoms with E-state index in [0.717, 1.165) is 19.2 Å². The monoisotopic (exact) mass is 460 g/mol. The first-order valence-electron chi connectivity index (χ1n) is 6.37. The van der Waals surface area contributed by atoms with Crippen molar-refractivity contribution in [3.8, 4) is 0 Å². The van der Waals surface area contributed by atoms with Crippen LogP contribution in [0.25, 0.3) is 0 Å². The molecule has 0 saturated heterocycles. The number of nitrogens with one attached hydrogen (secondary N) is 1. The zero-order chi connectivity index (χ0) is 15.4. The number of nitrogens with zero attached hydrogens (tertiary/aromatic N) is 1. The number of nitro groups is 1. The van der Waals surface area contributed by atoms with Gasteiger partial charge in [0.2, 0.25) is 0 Å². The van der Waals surface area contributed by atoms with Gasteiger partial charge in [0.1, 0.15) is 0 Å². The summed E-state index contributed by atoms with van der Waals surface area (Å²) in [5, 5.41) is 14.4. The van der Waals surface area contributed by atoms with Gasteiger partial charge in [-0.25, -0.2) is 0 Å². The van der Waals surface area contributed by atoms with E-state index in [-0.39, 0.29) is 16.7 Å². The molecule has 6 heteroatoms. The molecule has 0 aliphatic carbocycles. The summed E-state index contributed by atoms with van der Waals surface area (Å²) in [6.45, 7) is 0. The second-order valence-corrected chi connectivity index (χ2v) is 6.70. The molecule has 0 radical (unpaired) electrons. The van der Waals surface area contributed by atoms with Gasteiger partial charge in [-0.15, -0.1) is 0 Å². The van der Waals surface area contributed by atoms with Crippen LogP contribution in [0.15, 0.2) is 46.9 Å². The van der Waals surface area contributed by atoms with E-state index >= 15 is 0 Å². The van der Waals surface area contributed by atoms with Gasteiger partial charge < -0.3 is 5.32 Å². The zero-order valence-corrected chi connectivity index (χ0v) is 15.1. The Morgan fingerprint density at radius 2 is 2.05 bits per heavy atom. The highest BCUT2D eigenvalue weighted by atomic mass is 127. The third-order valence-corrected chi connectivity index (χ3v) is 4.69. The molecule has 4 nitrogen and oxygen atoms in total. The normalized spacial score (nSPS) is 12.1. The molecular formula is C15H14BrIN2O2. The van der Waals surface area contributed by atoms with Crippen molar-refractivity contribution in [3.63, 3.8) is 0 Å². The van der Waals surface area contributed by atoms with Crippen molar-refractivity contribution in [1.82, 2.24) is 5.32 Å². The second-order valence-electron chi connectivity index (χ2n) is 4.60. The molecule has 1 atom stereocenters. The van der Waals surface area contributed by atoms with Crippen LogP contribution in [0.5, 0.6) is 0 Å². The molecule has 2 rings (SSSR count). The minimum absolute atomic E-state index is 0.00944. The maximum absolute atomic E-state index is 11.1. The molecular weight excluding hydrogens is 447 g/mol. The summed E-state index contributed by atoms with van der Waals surface area (Å²) in [6.07, 6.45) is 0.562. The molecule has 0 bridgehead atoms. The predicted octanol–water partition coefficient (Wildman–Crippen LogP) is 4.47. The molecule has 0 aliphatic rings. The summed E-state index contributed by atoms with van der Waals surface area (Å²) in [5.41, 5.74) is 2.00. The van der Waals surface area contributed by atoms with Crippen LogP contribution in [0.3, 0.4) is 0 Å². The van der Waals surface area contributed by atoms with Crippen LogP contribution in [-0.2, 0) is 6.42 Å². The van der Waals surface area contributed by atoms with Crippen molar-refractivity contribution in [3.05, 3.63) is 71.7 Å². The molecule has 2 aromatic rings. The quantitative estimate of drug-likeness (QED) is 0.407. The molecule has 0 fully saturated rings. The minimum atomic E-state index is -0.328. The average molecular weight is 461 g/mol. The lowest BCUT2D eigenvalue weighted by Gasteiger charge is -2.18. The van der Waals surface area contributed by atoms with Crippen molar-refractivity contribution >= 4 is 44.2 Å². The van der Waals surface area contributed by atoms with E-state index in [1.165, 1.54) is 0 Å². The summed E-state index contributed by atoms with van der Waals surface area (Å²) in [7, 11) is 1.87. The van der Waals surface area contributed by atoms with Gasteiger partial charge in [-0.3, -0.25) is 10.1 Å². The van der Waals surface area contributed by atoms with Gasteiger partial charge in [0.05, 0.1) is 4.92 Å². The predicted molar refractivity (Wildman–Crippen MR) is 95.5 cm³/mol. The van der Waals surface area contributed by atoms with Crippen molar-refractivity contribution < 1.29 is 4.92 Å². The fourth-order valence-electron chi connectivity index (χ4n) is 2.23. The van der Waals surface area contributed by atoms with E-state index in [0.29, 0.717) is 6.42 Å². The summed E-state index contributed by atoms with van der Waals surface area (Å²) < 4.78 is 2.13. The zero-order valence-electron chi connectivity index (χ0n) is 11.3. The maximum Gasteiger partial charge on any atom is 0.272 e. The third-order valence-electron chi connectivity index (χ3n) is 3.29. The fraction of sp³-hybridized carbons (Fsp3) is 0.200. The second kappa shape index (κ2) is 7.33. The molecule has 0 heterocycles. The lowest BCUT2D eigenvalue weighted by molar-refractivity contribution is -0.385. The highest BCUT2D eigenvalue weighted by Crippen LogP contribution is 2.30. The largest absolute Gasteiger partial charge is 0.313 e. The molecule has 21 heavy (non-hydrogen) atoms. The van der Waals surface area contributed by atoms with Crippen molar-refractivity contribution in [2.75, 3.05) is 7.05 Å². The first kappa shape index (κ1) is 16.4. The Morgan fingerprint density at radius 1 is 1.33 bits per heavy atom. The highest BCUT2D eigenvalue weighted by Gasteiger charge is 2.19. The molecule has 2 aromatic carbocycles. The Hall–Kier alpha value is -0.990. The van der Waals surface area contributed by atoms with Crippen LogP contribution in [-0.4, -0.2) is 12.0 Å².